The summed E-state index contributed by atoms with van der Waals surface area (Å²) in [6, 6.07) is 8.54. The number of halogens is 2. The van der Waals surface area contributed by atoms with E-state index in [2.05, 4.69) is 5.32 Å². The van der Waals surface area contributed by atoms with Gasteiger partial charge < -0.3 is 19.5 Å². The number of nitrogens with one attached hydrogen (secondary N) is 1. The number of rotatable bonds is 7. The Balaban J connectivity index is 2.08. The number of amides is 1. The van der Waals surface area contributed by atoms with Gasteiger partial charge in [0.05, 0.1) is 27.8 Å². The van der Waals surface area contributed by atoms with Crippen molar-refractivity contribution in [3.05, 3.63) is 51.5 Å². The van der Waals surface area contributed by atoms with Crippen molar-refractivity contribution in [2.45, 2.75) is 13.0 Å². The molecule has 0 unspecified atom stereocenters. The predicted molar refractivity (Wildman–Crippen MR) is 98.1 cm³/mol. The molecule has 25 heavy (non-hydrogen) atoms. The van der Waals surface area contributed by atoms with E-state index in [4.69, 9.17) is 37.4 Å². The molecule has 0 heterocycles. The SMILES string of the molecule is COc1cc(OC)c(OC)cc1CNC(=O)Cc1ccc(Cl)cc1Cl. The summed E-state index contributed by atoms with van der Waals surface area (Å²) in [5.41, 5.74) is 1.48. The molecule has 0 atom stereocenters. The van der Waals surface area contributed by atoms with E-state index >= 15 is 0 Å². The highest BCUT2D eigenvalue weighted by Gasteiger charge is 2.13. The Morgan fingerprint density at radius 2 is 1.56 bits per heavy atom. The second-order valence-electron chi connectivity index (χ2n) is 5.21. The summed E-state index contributed by atoms with van der Waals surface area (Å²) in [7, 11) is 4.66. The molecule has 1 N–H and O–H groups in total. The maximum absolute atomic E-state index is 12.2. The van der Waals surface area contributed by atoms with Crippen molar-refractivity contribution < 1.29 is 19.0 Å². The Morgan fingerprint density at radius 1 is 0.920 bits per heavy atom. The Morgan fingerprint density at radius 3 is 2.16 bits per heavy atom. The quantitative estimate of drug-likeness (QED) is 0.787. The minimum atomic E-state index is -0.166. The van der Waals surface area contributed by atoms with Gasteiger partial charge in [-0.05, 0) is 23.8 Å². The molecule has 7 heteroatoms. The Kier molecular flexibility index (Phi) is 6.79. The number of carbonyl (C=O) groups excluding carboxylic acids is 1. The van der Waals surface area contributed by atoms with Crippen LogP contribution in [0.25, 0.3) is 0 Å². The monoisotopic (exact) mass is 383 g/mol. The third-order valence-electron chi connectivity index (χ3n) is 3.63. The molecule has 0 aromatic heterocycles. The number of hydrogen-bond donors (Lipinski definition) is 1. The van der Waals surface area contributed by atoms with E-state index in [0.29, 0.717) is 32.9 Å². The maximum atomic E-state index is 12.2. The molecule has 2 aromatic rings. The summed E-state index contributed by atoms with van der Waals surface area (Å²) in [5, 5.41) is 3.84. The second kappa shape index (κ2) is 8.83. The molecular weight excluding hydrogens is 365 g/mol. The van der Waals surface area contributed by atoms with Crippen LogP contribution in [0.5, 0.6) is 17.2 Å². The lowest BCUT2D eigenvalue weighted by atomic mass is 10.1. The molecule has 0 aliphatic carbocycles. The van der Waals surface area contributed by atoms with Gasteiger partial charge in [-0.3, -0.25) is 4.79 Å². The Hall–Kier alpha value is -2.11. The average Bonchev–Trinajstić information content (AvgIpc) is 2.61. The summed E-state index contributed by atoms with van der Waals surface area (Å²) in [4.78, 5) is 12.2. The van der Waals surface area contributed by atoms with Crippen molar-refractivity contribution in [1.82, 2.24) is 5.32 Å². The van der Waals surface area contributed by atoms with Gasteiger partial charge in [0.2, 0.25) is 5.91 Å². The standard InChI is InChI=1S/C18H19Cl2NO4/c1-23-15-9-17(25-3)16(24-2)6-12(15)10-21-18(22)7-11-4-5-13(19)8-14(11)20/h4-6,8-9H,7,10H2,1-3H3,(H,21,22). The van der Waals surface area contributed by atoms with Crippen molar-refractivity contribution in [2.24, 2.45) is 0 Å². The summed E-state index contributed by atoms with van der Waals surface area (Å²) < 4.78 is 15.9. The number of carbonyl (C=O) groups is 1. The minimum absolute atomic E-state index is 0.158. The van der Waals surface area contributed by atoms with Crippen molar-refractivity contribution in [2.75, 3.05) is 21.3 Å². The van der Waals surface area contributed by atoms with E-state index in [9.17, 15) is 4.79 Å². The normalized spacial score (nSPS) is 10.3. The number of ether oxygens (including phenoxy) is 3. The number of hydrogen-bond acceptors (Lipinski definition) is 4. The molecule has 134 valence electrons. The molecular formula is C18H19Cl2NO4. The fourth-order valence-electron chi connectivity index (χ4n) is 2.32. The summed E-state index contributed by atoms with van der Waals surface area (Å²) in [5.74, 6) is 1.55. The third-order valence-corrected chi connectivity index (χ3v) is 4.22. The van der Waals surface area contributed by atoms with Gasteiger partial charge in [0, 0.05) is 28.2 Å². The molecule has 0 spiro atoms. The zero-order valence-corrected chi connectivity index (χ0v) is 15.7. The molecule has 0 bridgehead atoms. The van der Waals surface area contributed by atoms with Crippen LogP contribution in [-0.2, 0) is 17.8 Å². The highest BCUT2D eigenvalue weighted by Crippen LogP contribution is 2.34. The van der Waals surface area contributed by atoms with Crippen LogP contribution in [0.3, 0.4) is 0 Å². The largest absolute Gasteiger partial charge is 0.496 e. The van der Waals surface area contributed by atoms with Gasteiger partial charge in [0.1, 0.15) is 5.75 Å². The fourth-order valence-corrected chi connectivity index (χ4v) is 2.80. The van der Waals surface area contributed by atoms with Crippen LogP contribution in [-0.4, -0.2) is 27.2 Å². The lowest BCUT2D eigenvalue weighted by Crippen LogP contribution is -2.25. The lowest BCUT2D eigenvalue weighted by molar-refractivity contribution is -0.120. The van der Waals surface area contributed by atoms with Gasteiger partial charge in [-0.25, -0.2) is 0 Å². The first kappa shape index (κ1) is 19.2. The molecule has 0 saturated heterocycles. The smallest absolute Gasteiger partial charge is 0.224 e. The summed E-state index contributed by atoms with van der Waals surface area (Å²) in [6.07, 6.45) is 0.158. The molecule has 0 radical (unpaired) electrons. The van der Waals surface area contributed by atoms with Crippen LogP contribution in [0, 0.1) is 0 Å². The minimum Gasteiger partial charge on any atom is -0.496 e. The molecule has 1 amide bonds. The maximum Gasteiger partial charge on any atom is 0.224 e. The molecule has 0 fully saturated rings. The van der Waals surface area contributed by atoms with E-state index in [1.54, 1.807) is 51.7 Å². The van der Waals surface area contributed by atoms with E-state index in [1.807, 2.05) is 0 Å². The molecule has 0 aliphatic heterocycles. The van der Waals surface area contributed by atoms with Gasteiger partial charge in [0.25, 0.3) is 0 Å². The molecule has 0 aliphatic rings. The van der Waals surface area contributed by atoms with Gasteiger partial charge in [0.15, 0.2) is 11.5 Å². The Bertz CT molecular complexity index is 765. The van der Waals surface area contributed by atoms with Crippen LogP contribution in [0.15, 0.2) is 30.3 Å². The summed E-state index contributed by atoms with van der Waals surface area (Å²) in [6.45, 7) is 0.285. The zero-order valence-electron chi connectivity index (χ0n) is 14.2. The van der Waals surface area contributed by atoms with Crippen molar-refractivity contribution >= 4 is 29.1 Å². The van der Waals surface area contributed by atoms with Crippen molar-refractivity contribution in [3.8, 4) is 17.2 Å². The first-order valence-corrected chi connectivity index (χ1v) is 8.23. The average molecular weight is 384 g/mol. The summed E-state index contributed by atoms with van der Waals surface area (Å²) >= 11 is 12.0. The third kappa shape index (κ3) is 4.94. The first-order valence-electron chi connectivity index (χ1n) is 7.48. The zero-order chi connectivity index (χ0) is 18.4. The fraction of sp³-hybridized carbons (Fsp3) is 0.278. The number of benzene rings is 2. The number of methoxy groups -OCH3 is 3. The van der Waals surface area contributed by atoms with Crippen LogP contribution < -0.4 is 19.5 Å². The van der Waals surface area contributed by atoms with Crippen LogP contribution in [0.2, 0.25) is 10.0 Å². The van der Waals surface area contributed by atoms with Gasteiger partial charge in [-0.15, -0.1) is 0 Å². The van der Waals surface area contributed by atoms with Gasteiger partial charge in [-0.1, -0.05) is 29.3 Å². The molecule has 0 saturated carbocycles. The van der Waals surface area contributed by atoms with E-state index in [-0.39, 0.29) is 18.9 Å². The highest BCUT2D eigenvalue weighted by atomic mass is 35.5. The lowest BCUT2D eigenvalue weighted by Gasteiger charge is -2.14. The molecule has 2 aromatic carbocycles. The van der Waals surface area contributed by atoms with E-state index in [0.717, 1.165) is 5.56 Å². The highest BCUT2D eigenvalue weighted by molar-refractivity contribution is 6.35. The molecule has 2 rings (SSSR count). The van der Waals surface area contributed by atoms with Crippen molar-refractivity contribution in [3.63, 3.8) is 0 Å². The topological polar surface area (TPSA) is 56.8 Å². The van der Waals surface area contributed by atoms with E-state index in [1.165, 1.54) is 0 Å². The van der Waals surface area contributed by atoms with E-state index < -0.39 is 0 Å². The second-order valence-corrected chi connectivity index (χ2v) is 6.05. The van der Waals surface area contributed by atoms with Crippen LogP contribution in [0.1, 0.15) is 11.1 Å². The van der Waals surface area contributed by atoms with Gasteiger partial charge in [-0.2, -0.15) is 0 Å². The molecule has 5 nitrogen and oxygen atoms in total. The van der Waals surface area contributed by atoms with Crippen LogP contribution >= 0.6 is 23.2 Å². The van der Waals surface area contributed by atoms with Gasteiger partial charge >= 0.3 is 0 Å². The predicted octanol–water partition coefficient (Wildman–Crippen LogP) is 3.88. The van der Waals surface area contributed by atoms with Crippen LogP contribution in [0.4, 0.5) is 0 Å². The Labute approximate surface area is 156 Å². The van der Waals surface area contributed by atoms with Crippen molar-refractivity contribution in [1.29, 1.82) is 0 Å². The first-order chi connectivity index (χ1) is 12.0.